The van der Waals surface area contributed by atoms with E-state index in [1.807, 2.05) is 29.6 Å². The predicted molar refractivity (Wildman–Crippen MR) is 80.7 cm³/mol. The number of benzene rings is 1. The Kier molecular flexibility index (Phi) is 3.36. The van der Waals surface area contributed by atoms with Crippen LogP contribution in [-0.4, -0.2) is 40.7 Å². The molecular weight excluding hydrogens is 302 g/mol. The van der Waals surface area contributed by atoms with Gasteiger partial charge in [-0.15, -0.1) is 11.3 Å². The third-order valence-electron chi connectivity index (χ3n) is 3.78. The van der Waals surface area contributed by atoms with Gasteiger partial charge in [-0.25, -0.2) is 0 Å². The third-order valence-corrected chi connectivity index (χ3v) is 4.74. The summed E-state index contributed by atoms with van der Waals surface area (Å²) in [6.45, 7) is 1.41. The van der Waals surface area contributed by atoms with Crippen LogP contribution in [0.2, 0.25) is 0 Å². The molecule has 1 atom stereocenters. The lowest BCUT2D eigenvalue weighted by atomic mass is 10.1. The van der Waals surface area contributed by atoms with Gasteiger partial charge in [0.2, 0.25) is 6.39 Å². The zero-order chi connectivity index (χ0) is 14.9. The summed E-state index contributed by atoms with van der Waals surface area (Å²) in [5.74, 6) is 0.461. The highest BCUT2D eigenvalue weighted by Crippen LogP contribution is 2.30. The number of carbonyl (C=O) groups excluding carboxylic acids is 1. The maximum Gasteiger partial charge on any atom is 0.256 e. The molecule has 112 valence electrons. The van der Waals surface area contributed by atoms with Crippen molar-refractivity contribution in [3.05, 3.63) is 47.4 Å². The molecule has 0 saturated carbocycles. The van der Waals surface area contributed by atoms with Crippen LogP contribution in [-0.2, 0) is 4.74 Å². The molecule has 7 heteroatoms. The number of hydrogen-bond acceptors (Lipinski definition) is 6. The zero-order valence-electron chi connectivity index (χ0n) is 11.6. The van der Waals surface area contributed by atoms with Gasteiger partial charge in [0, 0.05) is 22.0 Å². The van der Waals surface area contributed by atoms with Gasteiger partial charge in [-0.3, -0.25) is 4.79 Å². The summed E-state index contributed by atoms with van der Waals surface area (Å²) >= 11 is 1.58. The van der Waals surface area contributed by atoms with Crippen molar-refractivity contribution in [1.29, 1.82) is 0 Å². The van der Waals surface area contributed by atoms with E-state index in [0.29, 0.717) is 25.6 Å². The summed E-state index contributed by atoms with van der Waals surface area (Å²) in [5.41, 5.74) is 0.719. The molecule has 0 spiro atoms. The van der Waals surface area contributed by atoms with Crippen molar-refractivity contribution in [2.45, 2.75) is 6.04 Å². The SMILES string of the molecule is O=C(c1csc2ccccc12)N1CCOCC1c1ncon1. The van der Waals surface area contributed by atoms with Gasteiger partial charge in [-0.2, -0.15) is 4.98 Å². The summed E-state index contributed by atoms with van der Waals surface area (Å²) in [4.78, 5) is 18.8. The largest absolute Gasteiger partial charge is 0.377 e. The Bertz CT molecular complexity index is 799. The van der Waals surface area contributed by atoms with E-state index in [1.165, 1.54) is 6.39 Å². The molecule has 1 aliphatic heterocycles. The summed E-state index contributed by atoms with van der Waals surface area (Å²) in [6.07, 6.45) is 1.27. The fraction of sp³-hybridized carbons (Fsp3) is 0.267. The number of aromatic nitrogens is 2. The predicted octanol–water partition coefficient (Wildman–Crippen LogP) is 2.50. The molecule has 3 heterocycles. The third kappa shape index (κ3) is 2.18. The van der Waals surface area contributed by atoms with Gasteiger partial charge < -0.3 is 14.2 Å². The number of carbonyl (C=O) groups is 1. The molecule has 0 N–H and O–H groups in total. The van der Waals surface area contributed by atoms with E-state index < -0.39 is 0 Å². The van der Waals surface area contributed by atoms with Crippen LogP contribution in [0.5, 0.6) is 0 Å². The van der Waals surface area contributed by atoms with Gasteiger partial charge in [0.15, 0.2) is 5.82 Å². The number of rotatable bonds is 2. The highest BCUT2D eigenvalue weighted by atomic mass is 32.1. The molecule has 1 saturated heterocycles. The first kappa shape index (κ1) is 13.4. The Balaban J connectivity index is 1.71. The van der Waals surface area contributed by atoms with Crippen molar-refractivity contribution in [2.75, 3.05) is 19.8 Å². The minimum absolute atomic E-state index is 0.0180. The van der Waals surface area contributed by atoms with E-state index in [4.69, 9.17) is 9.26 Å². The van der Waals surface area contributed by atoms with Crippen LogP contribution in [0.1, 0.15) is 22.2 Å². The topological polar surface area (TPSA) is 68.5 Å². The second kappa shape index (κ2) is 5.51. The lowest BCUT2D eigenvalue weighted by Gasteiger charge is -2.33. The average molecular weight is 315 g/mol. The molecular formula is C15H13N3O3S. The maximum absolute atomic E-state index is 13.0. The number of ether oxygens (including phenoxy) is 1. The zero-order valence-corrected chi connectivity index (χ0v) is 12.5. The van der Waals surface area contributed by atoms with E-state index in [0.717, 1.165) is 15.6 Å². The van der Waals surface area contributed by atoms with Crippen molar-refractivity contribution in [1.82, 2.24) is 15.0 Å². The molecule has 0 aliphatic carbocycles. The monoisotopic (exact) mass is 315 g/mol. The van der Waals surface area contributed by atoms with Crippen LogP contribution >= 0.6 is 11.3 Å². The molecule has 0 radical (unpaired) electrons. The molecule has 22 heavy (non-hydrogen) atoms. The van der Waals surface area contributed by atoms with Gasteiger partial charge in [-0.1, -0.05) is 23.4 Å². The van der Waals surface area contributed by atoms with Gasteiger partial charge in [0.1, 0.15) is 6.04 Å². The van der Waals surface area contributed by atoms with Crippen LogP contribution in [0, 0.1) is 0 Å². The molecule has 1 aromatic carbocycles. The second-order valence-corrected chi connectivity index (χ2v) is 5.94. The quantitative estimate of drug-likeness (QED) is 0.727. The lowest BCUT2D eigenvalue weighted by molar-refractivity contribution is -0.00564. The molecule has 1 aliphatic rings. The Morgan fingerprint density at radius 3 is 3.14 bits per heavy atom. The van der Waals surface area contributed by atoms with Crippen molar-refractivity contribution in [3.63, 3.8) is 0 Å². The summed E-state index contributed by atoms with van der Waals surface area (Å²) < 4.78 is 11.4. The normalized spacial score (nSPS) is 18.7. The maximum atomic E-state index is 13.0. The fourth-order valence-corrected chi connectivity index (χ4v) is 3.62. The first-order valence-electron chi connectivity index (χ1n) is 6.96. The number of morpholine rings is 1. The van der Waals surface area contributed by atoms with Crippen molar-refractivity contribution in [3.8, 4) is 0 Å². The molecule has 1 amide bonds. The molecule has 6 nitrogen and oxygen atoms in total. The first-order chi connectivity index (χ1) is 10.8. The van der Waals surface area contributed by atoms with Crippen LogP contribution < -0.4 is 0 Å². The fourth-order valence-electron chi connectivity index (χ4n) is 2.68. The standard InChI is InChI=1S/C15H13N3O3S/c19-15(11-8-22-13-4-2-1-3-10(11)13)18-5-6-20-7-12(18)14-16-9-21-17-14/h1-4,8-9,12H,5-7H2. The smallest absolute Gasteiger partial charge is 0.256 e. The molecule has 1 fully saturated rings. The molecule has 4 rings (SSSR count). The summed E-state index contributed by atoms with van der Waals surface area (Å²) in [5, 5.41) is 6.75. The first-order valence-corrected chi connectivity index (χ1v) is 7.84. The van der Waals surface area contributed by atoms with E-state index in [1.54, 1.807) is 16.2 Å². The van der Waals surface area contributed by atoms with Gasteiger partial charge in [0.05, 0.1) is 18.8 Å². The van der Waals surface area contributed by atoms with Crippen LogP contribution in [0.4, 0.5) is 0 Å². The van der Waals surface area contributed by atoms with E-state index in [2.05, 4.69) is 10.1 Å². The van der Waals surface area contributed by atoms with Crippen molar-refractivity contribution < 1.29 is 14.1 Å². The van der Waals surface area contributed by atoms with E-state index in [-0.39, 0.29) is 11.9 Å². The van der Waals surface area contributed by atoms with E-state index >= 15 is 0 Å². The van der Waals surface area contributed by atoms with Crippen LogP contribution in [0.3, 0.4) is 0 Å². The minimum atomic E-state index is -0.307. The highest BCUT2D eigenvalue weighted by molar-refractivity contribution is 7.17. The Hall–Kier alpha value is -2.25. The minimum Gasteiger partial charge on any atom is -0.377 e. The number of amides is 1. The Morgan fingerprint density at radius 1 is 1.36 bits per heavy atom. The van der Waals surface area contributed by atoms with Crippen LogP contribution in [0.15, 0.2) is 40.6 Å². The van der Waals surface area contributed by atoms with Gasteiger partial charge in [0.25, 0.3) is 5.91 Å². The molecule has 0 bridgehead atoms. The van der Waals surface area contributed by atoms with Gasteiger partial charge >= 0.3 is 0 Å². The lowest BCUT2D eigenvalue weighted by Crippen LogP contribution is -2.43. The number of nitrogens with zero attached hydrogens (tertiary/aromatic N) is 3. The van der Waals surface area contributed by atoms with Crippen molar-refractivity contribution >= 4 is 27.3 Å². The Labute approximate surface area is 130 Å². The average Bonchev–Trinajstić information content (AvgIpc) is 3.24. The molecule has 2 aromatic heterocycles. The van der Waals surface area contributed by atoms with Crippen LogP contribution in [0.25, 0.3) is 10.1 Å². The summed E-state index contributed by atoms with van der Waals surface area (Å²) in [6, 6.07) is 7.61. The number of hydrogen-bond donors (Lipinski definition) is 0. The van der Waals surface area contributed by atoms with Crippen molar-refractivity contribution in [2.24, 2.45) is 0 Å². The highest BCUT2D eigenvalue weighted by Gasteiger charge is 2.33. The molecule has 1 unspecified atom stereocenters. The second-order valence-electron chi connectivity index (χ2n) is 5.02. The summed E-state index contributed by atoms with van der Waals surface area (Å²) in [7, 11) is 0. The Morgan fingerprint density at radius 2 is 2.27 bits per heavy atom. The van der Waals surface area contributed by atoms with E-state index in [9.17, 15) is 4.79 Å². The molecule has 3 aromatic rings. The number of thiophene rings is 1. The van der Waals surface area contributed by atoms with Gasteiger partial charge in [-0.05, 0) is 6.07 Å². The number of fused-ring (bicyclic) bond motifs is 1.